The Balaban J connectivity index is 0.000000926. The molecule has 4 nitrogen and oxygen atoms in total. The summed E-state index contributed by atoms with van der Waals surface area (Å²) in [5.74, 6) is -21.8. The van der Waals surface area contributed by atoms with E-state index in [1.54, 1.807) is 24.3 Å². The van der Waals surface area contributed by atoms with Crippen LogP contribution >= 0.6 is 0 Å². The molecule has 19 heteroatoms. The topological polar surface area (TPSA) is 70.8 Å². The number of halogens is 12. The van der Waals surface area contributed by atoms with E-state index in [9.17, 15) is 54.1 Å². The van der Waals surface area contributed by atoms with Gasteiger partial charge in [0, 0.05) is 12.4 Å². The van der Waals surface area contributed by atoms with Gasteiger partial charge in [-0.2, -0.15) is 0 Å². The summed E-state index contributed by atoms with van der Waals surface area (Å²) in [4.78, 5) is 6.63. The Kier molecular flexibility index (Phi) is 17.4. The summed E-state index contributed by atoms with van der Waals surface area (Å²) < 4.78 is 133. The van der Waals surface area contributed by atoms with Gasteiger partial charge in [0.05, 0.1) is 16.1 Å². The van der Waals surface area contributed by atoms with Crippen molar-refractivity contribution in [2.24, 2.45) is 9.98 Å². The van der Waals surface area contributed by atoms with Crippen molar-refractivity contribution in [3.63, 3.8) is 0 Å². The molecule has 51 heavy (non-hydrogen) atoms. The van der Waals surface area contributed by atoms with Crippen molar-refractivity contribution < 1.29 is 101 Å². The average Bonchev–Trinajstić information content (AvgIpc) is 3.01. The molecule has 272 valence electrons. The number of aliphatic imine (C=N–C) groups is 2. The maximum Gasteiger partial charge on any atom is 4.00 e. The van der Waals surface area contributed by atoms with E-state index < -0.39 is 85.7 Å². The van der Waals surface area contributed by atoms with E-state index in [1.165, 1.54) is 12.1 Å². The average molecular weight is 835 g/mol. The van der Waals surface area contributed by atoms with E-state index in [2.05, 4.69) is 9.98 Å². The van der Waals surface area contributed by atoms with Gasteiger partial charge >= 0.3 is 21.7 Å². The number of rotatable bonds is 6. The first-order valence-electron chi connectivity index (χ1n) is 13.8. The van der Waals surface area contributed by atoms with E-state index in [0.717, 1.165) is 12.4 Å². The molecule has 0 atom stereocenters. The molecular formula is C32H26Cl2F10N2O2Si2Ti. The van der Waals surface area contributed by atoms with Gasteiger partial charge < -0.3 is 35.0 Å². The van der Waals surface area contributed by atoms with Crippen molar-refractivity contribution in [2.75, 3.05) is 0 Å². The first kappa shape index (κ1) is 47.8. The third-order valence-electron chi connectivity index (χ3n) is 6.75. The predicted octanol–water partition coefficient (Wildman–Crippen LogP) is 1.51. The van der Waals surface area contributed by atoms with Gasteiger partial charge in [-0.1, -0.05) is 86.1 Å². The van der Waals surface area contributed by atoms with Gasteiger partial charge in [-0.25, -0.2) is 53.9 Å². The fourth-order valence-corrected chi connectivity index (χ4v) is 7.02. The van der Waals surface area contributed by atoms with Crippen molar-refractivity contribution in [2.45, 2.75) is 39.3 Å². The Hall–Kier alpha value is -3.15. The number of nitrogens with zero attached hydrogens (tertiary/aromatic N) is 2. The van der Waals surface area contributed by atoms with Crippen LogP contribution in [-0.4, -0.2) is 28.6 Å². The Morgan fingerprint density at radius 1 is 0.451 bits per heavy atom. The fourth-order valence-electron chi connectivity index (χ4n) is 4.18. The van der Waals surface area contributed by atoms with Crippen molar-refractivity contribution in [1.29, 1.82) is 0 Å². The molecular weight excluding hydrogens is 809 g/mol. The van der Waals surface area contributed by atoms with Crippen molar-refractivity contribution in [3.05, 3.63) is 106 Å². The minimum Gasteiger partial charge on any atom is -1.00 e. The second-order valence-electron chi connectivity index (χ2n) is 12.3. The zero-order valence-electron chi connectivity index (χ0n) is 27.4. The van der Waals surface area contributed by atoms with Crippen LogP contribution in [0.3, 0.4) is 0 Å². The number of benzene rings is 4. The predicted molar refractivity (Wildman–Crippen MR) is 165 cm³/mol. The summed E-state index contributed by atoms with van der Waals surface area (Å²) in [5.41, 5.74) is -2.63. The Morgan fingerprint density at radius 2 is 0.686 bits per heavy atom. The zero-order valence-corrected chi connectivity index (χ0v) is 32.4. The monoisotopic (exact) mass is 834 g/mol. The third-order valence-corrected chi connectivity index (χ3v) is 10.8. The van der Waals surface area contributed by atoms with Crippen LogP contribution in [0, 0.1) is 58.2 Å². The molecule has 0 bridgehead atoms. The van der Waals surface area contributed by atoms with Gasteiger partial charge in [-0.15, -0.1) is 11.5 Å². The molecule has 0 heterocycles. The molecule has 4 rings (SSSR count). The van der Waals surface area contributed by atoms with Gasteiger partial charge in [0.25, 0.3) is 0 Å². The van der Waals surface area contributed by atoms with Gasteiger partial charge in [-0.05, 0) is 11.1 Å². The van der Waals surface area contributed by atoms with Crippen LogP contribution < -0.4 is 45.4 Å². The van der Waals surface area contributed by atoms with Crippen LogP contribution in [0.2, 0.25) is 39.3 Å². The maximum absolute atomic E-state index is 13.6. The molecule has 0 aliphatic rings. The van der Waals surface area contributed by atoms with E-state index in [-0.39, 0.29) is 69.2 Å². The largest absolute Gasteiger partial charge is 4.00 e. The summed E-state index contributed by atoms with van der Waals surface area (Å²) >= 11 is 0. The Bertz CT molecular complexity index is 1760. The van der Waals surface area contributed by atoms with Gasteiger partial charge in [0.15, 0.2) is 46.5 Å². The summed E-state index contributed by atoms with van der Waals surface area (Å²) in [7, 11) is -3.91. The second-order valence-corrected chi connectivity index (χ2v) is 22.4. The standard InChI is InChI=1S/2C16H14F5NOSi.2ClH.Ti/c2*1-24(2,3)9-6-4-5-8(16(9)23)7-22-15-13(20)11(18)10(17)12(19)14(15)21;;;/h2*4-7,23H,1-3H3;2*1H;/q;;;;+4/p-4. The van der Waals surface area contributed by atoms with Crippen LogP contribution in [-0.2, 0) is 21.7 Å². The first-order chi connectivity index (χ1) is 22.1. The van der Waals surface area contributed by atoms with E-state index in [4.69, 9.17) is 0 Å². The van der Waals surface area contributed by atoms with E-state index in [0.29, 0.717) is 10.4 Å². The zero-order chi connectivity index (χ0) is 36.5. The SMILES string of the molecule is C[Si](C)(C)c1cccc(C=Nc2c(F)c(F)c(F)c(F)c2F)c1[O-].C[Si](C)(C)c1cccc(C=Nc2c(F)c(F)c(F)c(F)c2F)c1[O-].[Cl-].[Cl-].[Ti+4]. The third kappa shape index (κ3) is 10.5. The minimum atomic E-state index is -2.26. The molecule has 0 saturated heterocycles. The second kappa shape index (κ2) is 18.6. The molecule has 0 spiro atoms. The van der Waals surface area contributed by atoms with Crippen LogP contribution in [0.1, 0.15) is 11.1 Å². The van der Waals surface area contributed by atoms with Gasteiger partial charge in [-0.3, -0.25) is 0 Å². The Labute approximate surface area is 316 Å². The molecule has 0 amide bonds. The van der Waals surface area contributed by atoms with E-state index in [1.807, 2.05) is 39.3 Å². The van der Waals surface area contributed by atoms with E-state index >= 15 is 0 Å². The molecule has 0 fully saturated rings. The molecule has 0 aliphatic carbocycles. The number of para-hydroxylation sites is 2. The normalized spacial score (nSPS) is 11.5. The van der Waals surface area contributed by atoms with Crippen LogP contribution in [0.4, 0.5) is 55.3 Å². The van der Waals surface area contributed by atoms with Crippen molar-refractivity contribution in [1.82, 2.24) is 0 Å². The van der Waals surface area contributed by atoms with Gasteiger partial charge in [0.2, 0.25) is 11.6 Å². The molecule has 0 unspecified atom stereocenters. The molecule has 4 aromatic rings. The van der Waals surface area contributed by atoms with Crippen LogP contribution in [0.15, 0.2) is 46.4 Å². The van der Waals surface area contributed by atoms with Crippen molar-refractivity contribution in [3.8, 4) is 11.5 Å². The Morgan fingerprint density at radius 3 is 0.922 bits per heavy atom. The molecule has 0 N–H and O–H groups in total. The number of hydrogen-bond acceptors (Lipinski definition) is 4. The number of hydrogen-bond donors (Lipinski definition) is 0. The van der Waals surface area contributed by atoms with Crippen LogP contribution in [0.25, 0.3) is 0 Å². The first-order valence-corrected chi connectivity index (χ1v) is 20.8. The summed E-state index contributed by atoms with van der Waals surface area (Å²) in [6.45, 7) is 11.6. The minimum absolute atomic E-state index is 0. The molecule has 4 aromatic carbocycles. The van der Waals surface area contributed by atoms with Crippen LogP contribution in [0.5, 0.6) is 11.5 Å². The molecule has 0 aromatic heterocycles. The molecule has 0 radical (unpaired) electrons. The summed E-state index contributed by atoms with van der Waals surface area (Å²) in [6.07, 6.45) is 1.62. The van der Waals surface area contributed by atoms with Gasteiger partial charge in [0.1, 0.15) is 11.4 Å². The smallest absolute Gasteiger partial charge is 1.00 e. The quantitative estimate of drug-likeness (QED) is 0.0974. The molecule has 0 saturated carbocycles. The molecule has 0 aliphatic heterocycles. The summed E-state index contributed by atoms with van der Waals surface area (Å²) in [5, 5.41) is 25.8. The fraction of sp³-hybridized carbons (Fsp3) is 0.188. The van der Waals surface area contributed by atoms with Crippen molar-refractivity contribution >= 4 is 50.3 Å². The maximum atomic E-state index is 13.6. The summed E-state index contributed by atoms with van der Waals surface area (Å²) in [6, 6.07) is 9.20.